The number of halogens is 1. The Hall–Kier alpha value is -0.350. The van der Waals surface area contributed by atoms with Crippen molar-refractivity contribution in [3.8, 4) is 0 Å². The summed E-state index contributed by atoms with van der Waals surface area (Å²) in [5, 5.41) is 4.19. The van der Waals surface area contributed by atoms with E-state index < -0.39 is 0 Å². The zero-order chi connectivity index (χ0) is 9.14. The maximum Gasteiger partial charge on any atom is 0.0739 e. The van der Waals surface area contributed by atoms with Crippen LogP contribution in [0, 0.1) is 6.92 Å². The van der Waals surface area contributed by atoms with Crippen LogP contribution in [0.5, 0.6) is 0 Å². The minimum Gasteiger partial charge on any atom is -0.380 e. The molecule has 0 bridgehead atoms. The van der Waals surface area contributed by atoms with Gasteiger partial charge in [0.05, 0.1) is 23.3 Å². The molecule has 1 aromatic heterocycles. The van der Waals surface area contributed by atoms with Gasteiger partial charge in [-0.1, -0.05) is 0 Å². The lowest BCUT2D eigenvalue weighted by Crippen LogP contribution is -2.16. The first kappa shape index (κ1) is 9.74. The van der Waals surface area contributed by atoms with Gasteiger partial charge in [0.1, 0.15) is 0 Å². The van der Waals surface area contributed by atoms with Crippen molar-refractivity contribution < 1.29 is 4.74 Å². The van der Waals surface area contributed by atoms with E-state index in [1.165, 1.54) is 0 Å². The van der Waals surface area contributed by atoms with Crippen LogP contribution in [-0.4, -0.2) is 23.0 Å². The summed E-state index contributed by atoms with van der Waals surface area (Å²) < 4.78 is 8.12. The maximum atomic E-state index is 5.14. The van der Waals surface area contributed by atoms with Crippen LogP contribution in [-0.2, 0) is 11.3 Å². The van der Waals surface area contributed by atoms with Crippen molar-refractivity contribution in [2.45, 2.75) is 26.5 Å². The predicted octanol–water partition coefficient (Wildman–Crippen LogP) is 1.99. The third-order valence-corrected chi connectivity index (χ3v) is 2.65. The molecule has 1 rings (SSSR count). The van der Waals surface area contributed by atoms with E-state index in [1.807, 2.05) is 18.5 Å². The fourth-order valence-electron chi connectivity index (χ4n) is 0.926. The molecule has 0 fully saturated rings. The van der Waals surface area contributed by atoms with E-state index in [0.29, 0.717) is 0 Å². The second-order valence-electron chi connectivity index (χ2n) is 2.81. The summed E-state index contributed by atoms with van der Waals surface area (Å²) >= 11 is 3.40. The molecule has 0 N–H and O–H groups in total. The van der Waals surface area contributed by atoms with Gasteiger partial charge in [0.15, 0.2) is 0 Å². The minimum atomic E-state index is 0.204. The van der Waals surface area contributed by atoms with Crippen molar-refractivity contribution in [2.24, 2.45) is 0 Å². The van der Waals surface area contributed by atoms with Crippen molar-refractivity contribution in [2.75, 3.05) is 7.11 Å². The monoisotopic (exact) mass is 232 g/mol. The average molecular weight is 233 g/mol. The molecule has 68 valence electrons. The molecule has 0 saturated carbocycles. The SMILES string of the molecule is COC(C)Cn1ncc(Br)c1C. The molecule has 0 aliphatic carbocycles. The lowest BCUT2D eigenvalue weighted by Gasteiger charge is -2.10. The Bertz CT molecular complexity index is 260. The van der Waals surface area contributed by atoms with Gasteiger partial charge in [0.25, 0.3) is 0 Å². The number of methoxy groups -OCH3 is 1. The fraction of sp³-hybridized carbons (Fsp3) is 0.625. The van der Waals surface area contributed by atoms with Crippen LogP contribution in [0.3, 0.4) is 0 Å². The van der Waals surface area contributed by atoms with Crippen LogP contribution in [0.1, 0.15) is 12.6 Å². The van der Waals surface area contributed by atoms with Crippen LogP contribution in [0.25, 0.3) is 0 Å². The molecule has 4 heteroatoms. The van der Waals surface area contributed by atoms with Crippen molar-refractivity contribution in [1.29, 1.82) is 0 Å². The van der Waals surface area contributed by atoms with E-state index in [1.54, 1.807) is 13.3 Å². The van der Waals surface area contributed by atoms with Gasteiger partial charge in [-0.2, -0.15) is 5.10 Å². The maximum absolute atomic E-state index is 5.14. The molecule has 3 nitrogen and oxygen atoms in total. The third-order valence-electron chi connectivity index (χ3n) is 1.88. The molecule has 0 aliphatic rings. The van der Waals surface area contributed by atoms with Gasteiger partial charge in [0, 0.05) is 12.8 Å². The van der Waals surface area contributed by atoms with Crippen LogP contribution in [0.2, 0.25) is 0 Å². The molecule has 0 radical (unpaired) electrons. The van der Waals surface area contributed by atoms with Crippen molar-refractivity contribution >= 4 is 15.9 Å². The summed E-state index contributed by atoms with van der Waals surface area (Å²) in [6.45, 7) is 4.85. The number of rotatable bonds is 3. The van der Waals surface area contributed by atoms with E-state index >= 15 is 0 Å². The molecule has 1 heterocycles. The highest BCUT2D eigenvalue weighted by Crippen LogP contribution is 2.14. The zero-order valence-corrected chi connectivity index (χ0v) is 9.13. The number of hydrogen-bond donors (Lipinski definition) is 0. The highest BCUT2D eigenvalue weighted by Gasteiger charge is 2.06. The van der Waals surface area contributed by atoms with E-state index in [0.717, 1.165) is 16.7 Å². The summed E-state index contributed by atoms with van der Waals surface area (Å²) in [7, 11) is 1.71. The summed E-state index contributed by atoms with van der Waals surface area (Å²) in [5.41, 5.74) is 1.14. The lowest BCUT2D eigenvalue weighted by molar-refractivity contribution is 0.0992. The van der Waals surface area contributed by atoms with Gasteiger partial charge >= 0.3 is 0 Å². The first-order chi connectivity index (χ1) is 5.65. The highest BCUT2D eigenvalue weighted by molar-refractivity contribution is 9.10. The summed E-state index contributed by atoms with van der Waals surface area (Å²) in [4.78, 5) is 0. The Labute approximate surface area is 80.8 Å². The van der Waals surface area contributed by atoms with Gasteiger partial charge in [0.2, 0.25) is 0 Å². The van der Waals surface area contributed by atoms with Gasteiger partial charge in [-0.25, -0.2) is 0 Å². The quantitative estimate of drug-likeness (QED) is 0.798. The molecule has 0 saturated heterocycles. The molecular weight excluding hydrogens is 220 g/mol. The molecular formula is C8H13BrN2O. The first-order valence-electron chi connectivity index (χ1n) is 3.86. The van der Waals surface area contributed by atoms with E-state index in [2.05, 4.69) is 21.0 Å². The molecule has 0 aliphatic heterocycles. The third kappa shape index (κ3) is 2.08. The van der Waals surface area contributed by atoms with Crippen LogP contribution >= 0.6 is 15.9 Å². The number of aromatic nitrogens is 2. The van der Waals surface area contributed by atoms with Crippen LogP contribution in [0.15, 0.2) is 10.7 Å². The largest absolute Gasteiger partial charge is 0.380 e. The Morgan fingerprint density at radius 2 is 2.42 bits per heavy atom. The van der Waals surface area contributed by atoms with Gasteiger partial charge < -0.3 is 4.74 Å². The number of ether oxygens (including phenoxy) is 1. The molecule has 1 unspecified atom stereocenters. The summed E-state index contributed by atoms with van der Waals surface area (Å²) in [6.07, 6.45) is 2.01. The summed E-state index contributed by atoms with van der Waals surface area (Å²) in [6, 6.07) is 0. The molecule has 1 atom stereocenters. The minimum absolute atomic E-state index is 0.204. The highest BCUT2D eigenvalue weighted by atomic mass is 79.9. The van der Waals surface area contributed by atoms with Gasteiger partial charge in [-0.05, 0) is 29.8 Å². The number of hydrogen-bond acceptors (Lipinski definition) is 2. The van der Waals surface area contributed by atoms with E-state index in [4.69, 9.17) is 4.74 Å². The van der Waals surface area contributed by atoms with E-state index in [9.17, 15) is 0 Å². The Morgan fingerprint density at radius 1 is 1.75 bits per heavy atom. The van der Waals surface area contributed by atoms with Crippen LogP contribution < -0.4 is 0 Å². The Morgan fingerprint density at radius 3 is 2.83 bits per heavy atom. The predicted molar refractivity (Wildman–Crippen MR) is 51.1 cm³/mol. The van der Waals surface area contributed by atoms with Crippen molar-refractivity contribution in [3.05, 3.63) is 16.4 Å². The zero-order valence-electron chi connectivity index (χ0n) is 7.54. The smallest absolute Gasteiger partial charge is 0.0739 e. The van der Waals surface area contributed by atoms with Crippen molar-refractivity contribution in [1.82, 2.24) is 9.78 Å². The Kier molecular flexibility index (Phi) is 3.29. The molecule has 0 aromatic carbocycles. The molecule has 0 amide bonds. The second kappa shape index (κ2) is 4.05. The molecule has 0 spiro atoms. The topological polar surface area (TPSA) is 27.1 Å². The average Bonchev–Trinajstić information content (AvgIpc) is 2.36. The van der Waals surface area contributed by atoms with Crippen LogP contribution in [0.4, 0.5) is 0 Å². The normalized spacial score (nSPS) is 13.3. The van der Waals surface area contributed by atoms with E-state index in [-0.39, 0.29) is 6.10 Å². The molecule has 12 heavy (non-hydrogen) atoms. The Balaban J connectivity index is 2.69. The number of nitrogens with zero attached hydrogens (tertiary/aromatic N) is 2. The fourth-order valence-corrected chi connectivity index (χ4v) is 1.22. The standard InChI is InChI=1S/C8H13BrN2O/c1-6(12-3)5-11-7(2)8(9)4-10-11/h4,6H,5H2,1-3H3. The first-order valence-corrected chi connectivity index (χ1v) is 4.65. The van der Waals surface area contributed by atoms with Gasteiger partial charge in [-0.3, -0.25) is 4.68 Å². The lowest BCUT2D eigenvalue weighted by atomic mass is 10.4. The second-order valence-corrected chi connectivity index (χ2v) is 3.66. The van der Waals surface area contributed by atoms with Crippen molar-refractivity contribution in [3.63, 3.8) is 0 Å². The van der Waals surface area contributed by atoms with Gasteiger partial charge in [-0.15, -0.1) is 0 Å². The summed E-state index contributed by atoms with van der Waals surface area (Å²) in [5.74, 6) is 0. The molecule has 1 aromatic rings.